The molecule has 4 heteroatoms. The average molecular weight is 626 g/mol. The topological polar surface area (TPSA) is 51.8 Å². The summed E-state index contributed by atoms with van der Waals surface area (Å²) < 4.78 is 6.64. The highest BCUT2D eigenvalue weighted by atomic mass is 16.3. The van der Waals surface area contributed by atoms with Crippen molar-refractivity contribution < 1.29 is 4.42 Å². The SMILES string of the molecule is c1ccc(-c2cc(-c3nc(-c4ccc5ccccc5c4)nc(-c4ccc5ccccc5c4)n3)c3c(c2)oc2ccc4ccccc4c23)cc1. The molecule has 10 rings (SSSR count). The van der Waals surface area contributed by atoms with Crippen molar-refractivity contribution in [1.82, 2.24) is 15.0 Å². The van der Waals surface area contributed by atoms with Crippen molar-refractivity contribution >= 4 is 54.3 Å². The number of fused-ring (bicyclic) bond motifs is 7. The van der Waals surface area contributed by atoms with Gasteiger partial charge in [-0.1, -0.05) is 133 Å². The van der Waals surface area contributed by atoms with Crippen LogP contribution in [-0.4, -0.2) is 15.0 Å². The lowest BCUT2D eigenvalue weighted by atomic mass is 9.96. The fourth-order valence-corrected chi connectivity index (χ4v) is 7.05. The van der Waals surface area contributed by atoms with Crippen molar-refractivity contribution in [1.29, 1.82) is 0 Å². The maximum atomic E-state index is 6.64. The molecule has 0 amide bonds. The molecule has 2 aromatic heterocycles. The summed E-state index contributed by atoms with van der Waals surface area (Å²) in [5, 5.41) is 8.94. The van der Waals surface area contributed by atoms with Gasteiger partial charge in [0.05, 0.1) is 0 Å². The van der Waals surface area contributed by atoms with Crippen molar-refractivity contribution in [3.05, 3.63) is 164 Å². The summed E-state index contributed by atoms with van der Waals surface area (Å²) in [5.41, 5.74) is 6.52. The van der Waals surface area contributed by atoms with Crippen LogP contribution in [0.5, 0.6) is 0 Å². The molecule has 0 aliphatic heterocycles. The lowest BCUT2D eigenvalue weighted by molar-refractivity contribution is 0.669. The Bertz CT molecular complexity index is 2790. The van der Waals surface area contributed by atoms with Gasteiger partial charge in [-0.05, 0) is 73.8 Å². The van der Waals surface area contributed by atoms with Crippen molar-refractivity contribution in [2.75, 3.05) is 0 Å². The quantitative estimate of drug-likeness (QED) is 0.195. The molecule has 0 spiro atoms. The standard InChI is InChI=1S/C45H27N3O/c1-2-10-28(11-3-1)36-26-38(42-40(27-36)49-39-23-22-31-14-8-9-17-37(31)41(39)42)45-47-43(34-20-18-29-12-4-6-15-32(29)24-34)46-44(48-45)35-21-19-30-13-5-7-16-33(30)25-35/h1-27H. The van der Waals surface area contributed by atoms with E-state index in [1.807, 2.05) is 6.07 Å². The third-order valence-corrected chi connectivity index (χ3v) is 9.46. The Morgan fingerprint density at radius 1 is 0.327 bits per heavy atom. The van der Waals surface area contributed by atoms with Crippen LogP contribution in [0, 0.1) is 0 Å². The molecule has 0 saturated heterocycles. The molecule has 0 aliphatic rings. The van der Waals surface area contributed by atoms with Crippen molar-refractivity contribution in [3.63, 3.8) is 0 Å². The molecule has 0 saturated carbocycles. The van der Waals surface area contributed by atoms with Gasteiger partial charge in [-0.2, -0.15) is 0 Å². The van der Waals surface area contributed by atoms with Gasteiger partial charge in [0, 0.05) is 27.5 Å². The van der Waals surface area contributed by atoms with Crippen LogP contribution in [0.2, 0.25) is 0 Å². The van der Waals surface area contributed by atoms with E-state index in [2.05, 4.69) is 158 Å². The highest BCUT2D eigenvalue weighted by Crippen LogP contribution is 2.42. The second-order valence-corrected chi connectivity index (χ2v) is 12.5. The minimum atomic E-state index is 0.597. The van der Waals surface area contributed by atoms with Gasteiger partial charge in [-0.15, -0.1) is 0 Å². The van der Waals surface area contributed by atoms with E-state index in [0.29, 0.717) is 17.5 Å². The monoisotopic (exact) mass is 625 g/mol. The molecule has 10 aromatic rings. The Balaban J connectivity index is 1.30. The molecule has 2 heterocycles. The predicted molar refractivity (Wildman–Crippen MR) is 201 cm³/mol. The van der Waals surface area contributed by atoms with Crippen LogP contribution in [0.15, 0.2) is 168 Å². The largest absolute Gasteiger partial charge is 0.456 e. The van der Waals surface area contributed by atoms with Gasteiger partial charge in [0.2, 0.25) is 0 Å². The second-order valence-electron chi connectivity index (χ2n) is 12.5. The molecule has 0 aliphatic carbocycles. The number of nitrogens with zero attached hydrogens (tertiary/aromatic N) is 3. The number of hydrogen-bond acceptors (Lipinski definition) is 4. The third kappa shape index (κ3) is 4.65. The normalized spacial score (nSPS) is 11.7. The fraction of sp³-hybridized carbons (Fsp3) is 0. The summed E-state index contributed by atoms with van der Waals surface area (Å²) in [6, 6.07) is 56.9. The van der Waals surface area contributed by atoms with Crippen LogP contribution in [0.3, 0.4) is 0 Å². The summed E-state index contributed by atoms with van der Waals surface area (Å²) in [5.74, 6) is 1.84. The van der Waals surface area contributed by atoms with E-state index in [1.165, 1.54) is 10.8 Å². The van der Waals surface area contributed by atoms with Crippen LogP contribution in [0.1, 0.15) is 0 Å². The Labute approximate surface area is 282 Å². The van der Waals surface area contributed by atoms with E-state index in [1.54, 1.807) is 0 Å². The lowest BCUT2D eigenvalue weighted by Crippen LogP contribution is -2.01. The fourth-order valence-electron chi connectivity index (χ4n) is 7.05. The first-order valence-electron chi connectivity index (χ1n) is 16.4. The number of hydrogen-bond donors (Lipinski definition) is 0. The Hall–Kier alpha value is -6.65. The van der Waals surface area contributed by atoms with Crippen LogP contribution in [-0.2, 0) is 0 Å². The van der Waals surface area contributed by atoms with Gasteiger partial charge in [-0.3, -0.25) is 0 Å². The molecular weight excluding hydrogens is 599 g/mol. The number of benzene rings is 8. The second kappa shape index (κ2) is 11.0. The predicted octanol–water partition coefficient (Wildman–Crippen LogP) is 11.9. The average Bonchev–Trinajstić information content (AvgIpc) is 3.56. The number of rotatable bonds is 4. The maximum absolute atomic E-state index is 6.64. The zero-order chi connectivity index (χ0) is 32.3. The molecule has 0 radical (unpaired) electrons. The lowest BCUT2D eigenvalue weighted by Gasteiger charge is -2.12. The van der Waals surface area contributed by atoms with E-state index in [4.69, 9.17) is 19.4 Å². The Morgan fingerprint density at radius 2 is 0.878 bits per heavy atom. The van der Waals surface area contributed by atoms with Crippen LogP contribution >= 0.6 is 0 Å². The highest BCUT2D eigenvalue weighted by molar-refractivity contribution is 6.23. The summed E-state index contributed by atoms with van der Waals surface area (Å²) in [6.07, 6.45) is 0. The maximum Gasteiger partial charge on any atom is 0.164 e. The molecular formula is C45H27N3O. The first-order valence-corrected chi connectivity index (χ1v) is 16.4. The summed E-state index contributed by atoms with van der Waals surface area (Å²) in [6.45, 7) is 0. The summed E-state index contributed by atoms with van der Waals surface area (Å²) in [4.78, 5) is 15.6. The van der Waals surface area contributed by atoms with E-state index < -0.39 is 0 Å². The van der Waals surface area contributed by atoms with Crippen molar-refractivity contribution in [2.45, 2.75) is 0 Å². The number of furan rings is 1. The van der Waals surface area contributed by atoms with Crippen LogP contribution < -0.4 is 0 Å². The van der Waals surface area contributed by atoms with Crippen LogP contribution in [0.25, 0.3) is 99.5 Å². The molecule has 0 atom stereocenters. The van der Waals surface area contributed by atoms with E-state index in [-0.39, 0.29) is 0 Å². The Morgan fingerprint density at radius 3 is 1.55 bits per heavy atom. The molecule has 0 fully saturated rings. The van der Waals surface area contributed by atoms with E-state index in [0.717, 1.165) is 71.3 Å². The van der Waals surface area contributed by atoms with Gasteiger partial charge < -0.3 is 4.42 Å². The third-order valence-electron chi connectivity index (χ3n) is 9.46. The first-order chi connectivity index (χ1) is 24.2. The van der Waals surface area contributed by atoms with Gasteiger partial charge >= 0.3 is 0 Å². The minimum absolute atomic E-state index is 0.597. The highest BCUT2D eigenvalue weighted by Gasteiger charge is 2.21. The van der Waals surface area contributed by atoms with Crippen molar-refractivity contribution in [3.8, 4) is 45.3 Å². The van der Waals surface area contributed by atoms with Gasteiger partial charge in [-0.25, -0.2) is 15.0 Å². The molecule has 0 unspecified atom stereocenters. The molecule has 4 nitrogen and oxygen atoms in total. The van der Waals surface area contributed by atoms with Gasteiger partial charge in [0.25, 0.3) is 0 Å². The molecule has 0 bridgehead atoms. The molecule has 228 valence electrons. The summed E-state index contributed by atoms with van der Waals surface area (Å²) >= 11 is 0. The number of aromatic nitrogens is 3. The van der Waals surface area contributed by atoms with E-state index in [9.17, 15) is 0 Å². The molecule has 0 N–H and O–H groups in total. The summed E-state index contributed by atoms with van der Waals surface area (Å²) in [7, 11) is 0. The Kier molecular flexibility index (Phi) is 6.15. The van der Waals surface area contributed by atoms with Gasteiger partial charge in [0.1, 0.15) is 11.2 Å². The first kappa shape index (κ1) is 27.5. The van der Waals surface area contributed by atoms with Crippen molar-refractivity contribution in [2.24, 2.45) is 0 Å². The van der Waals surface area contributed by atoms with Gasteiger partial charge in [0.15, 0.2) is 17.5 Å². The zero-order valence-corrected chi connectivity index (χ0v) is 26.3. The molecule has 8 aromatic carbocycles. The zero-order valence-electron chi connectivity index (χ0n) is 26.3. The minimum Gasteiger partial charge on any atom is -0.456 e. The smallest absolute Gasteiger partial charge is 0.164 e. The van der Waals surface area contributed by atoms with Crippen LogP contribution in [0.4, 0.5) is 0 Å². The van der Waals surface area contributed by atoms with E-state index >= 15 is 0 Å². The molecule has 49 heavy (non-hydrogen) atoms.